The molecule has 2 aromatic heterocycles. The van der Waals surface area contributed by atoms with E-state index in [0.29, 0.717) is 0 Å². The molecule has 2 heterocycles. The van der Waals surface area contributed by atoms with E-state index in [0.717, 1.165) is 13.1 Å². The minimum Gasteiger partial charge on any atom is -1.00 e. The quantitative estimate of drug-likeness (QED) is 0.231. The zero-order chi connectivity index (χ0) is 19.9. The Labute approximate surface area is 206 Å². The summed E-state index contributed by atoms with van der Waals surface area (Å²) in [5.41, 5.74) is 2.59. The molecule has 0 aliphatic heterocycles. The summed E-state index contributed by atoms with van der Waals surface area (Å²) in [6.07, 6.45) is 25.7. The summed E-state index contributed by atoms with van der Waals surface area (Å²) in [7, 11) is 0. The predicted molar refractivity (Wildman–Crippen MR) is 119 cm³/mol. The fourth-order valence-electron chi connectivity index (χ4n) is 3.79. The average molecular weight is 542 g/mol. The largest absolute Gasteiger partial charge is 1.00 e. The van der Waals surface area contributed by atoms with Crippen LogP contribution in [0.4, 0.5) is 0 Å². The van der Waals surface area contributed by atoms with Gasteiger partial charge in [-0.05, 0) is 24.5 Å². The van der Waals surface area contributed by atoms with Gasteiger partial charge in [-0.25, -0.2) is 9.13 Å². The number of aryl methyl sites for hydroxylation is 2. The van der Waals surface area contributed by atoms with Gasteiger partial charge in [-0.3, -0.25) is 0 Å². The van der Waals surface area contributed by atoms with Crippen LogP contribution in [0.25, 0.3) is 11.1 Å². The average Bonchev–Trinajstić information content (AvgIpc) is 2.75. The molecule has 2 nitrogen and oxygen atoms in total. The number of aromatic nitrogens is 2. The van der Waals surface area contributed by atoms with Crippen LogP contribution in [0.1, 0.15) is 90.9 Å². The first kappa shape index (κ1) is 29.3. The van der Waals surface area contributed by atoms with Crippen LogP contribution in [0.15, 0.2) is 49.1 Å². The number of hydrogen-bond donors (Lipinski definition) is 0. The molecule has 0 fully saturated rings. The van der Waals surface area contributed by atoms with Crippen molar-refractivity contribution in [1.82, 2.24) is 0 Å². The monoisotopic (exact) mass is 540 g/mol. The first-order valence-corrected chi connectivity index (χ1v) is 11.8. The van der Waals surface area contributed by atoms with Crippen LogP contribution in [0.5, 0.6) is 0 Å². The molecule has 0 radical (unpaired) electrons. The zero-order valence-electron chi connectivity index (χ0n) is 19.2. The third kappa shape index (κ3) is 12.2. The SMILES string of the molecule is CCCCCCCCCCCCCC[n+]1ccc(-c2cc[n+](CC)cc2)cc1.[Br-].[Br-]. The van der Waals surface area contributed by atoms with Gasteiger partial charge in [0.15, 0.2) is 24.8 Å². The zero-order valence-corrected chi connectivity index (χ0v) is 22.3. The van der Waals surface area contributed by atoms with Gasteiger partial charge in [0.1, 0.15) is 13.1 Å². The minimum atomic E-state index is 0. The number of halogens is 2. The molecule has 0 aliphatic rings. The summed E-state index contributed by atoms with van der Waals surface area (Å²) in [5, 5.41) is 0. The van der Waals surface area contributed by atoms with Crippen LogP contribution < -0.4 is 43.1 Å². The highest BCUT2D eigenvalue weighted by molar-refractivity contribution is 5.60. The summed E-state index contributed by atoms with van der Waals surface area (Å²) in [5.74, 6) is 0. The van der Waals surface area contributed by atoms with Gasteiger partial charge in [0, 0.05) is 30.7 Å². The summed E-state index contributed by atoms with van der Waals surface area (Å²) < 4.78 is 4.52. The Morgan fingerprint density at radius 3 is 1.27 bits per heavy atom. The highest BCUT2D eigenvalue weighted by atomic mass is 79.9. The third-order valence-electron chi connectivity index (χ3n) is 5.75. The topological polar surface area (TPSA) is 7.76 Å². The Hall–Kier alpha value is -0.740. The van der Waals surface area contributed by atoms with Crippen molar-refractivity contribution < 1.29 is 43.1 Å². The first-order chi connectivity index (χ1) is 13.8. The Morgan fingerprint density at radius 2 is 0.867 bits per heavy atom. The number of hydrogen-bond acceptors (Lipinski definition) is 0. The summed E-state index contributed by atoms with van der Waals surface area (Å²) >= 11 is 0. The molecule has 0 aromatic carbocycles. The maximum absolute atomic E-state index is 2.33. The van der Waals surface area contributed by atoms with E-state index in [1.807, 2.05) is 0 Å². The Kier molecular flexibility index (Phi) is 18.5. The maximum Gasteiger partial charge on any atom is 0.169 e. The molecular formula is C26H42Br2N2. The highest BCUT2D eigenvalue weighted by Crippen LogP contribution is 2.16. The van der Waals surface area contributed by atoms with Gasteiger partial charge in [-0.15, -0.1) is 0 Å². The molecule has 4 heteroatoms. The molecular weight excluding hydrogens is 500 g/mol. The second-order valence-corrected chi connectivity index (χ2v) is 8.13. The Bertz CT molecular complexity index is 626. The van der Waals surface area contributed by atoms with E-state index in [2.05, 4.69) is 72.0 Å². The van der Waals surface area contributed by atoms with Crippen LogP contribution in [0.2, 0.25) is 0 Å². The molecule has 30 heavy (non-hydrogen) atoms. The lowest BCUT2D eigenvalue weighted by atomic mass is 10.1. The van der Waals surface area contributed by atoms with Crippen LogP contribution in [-0.2, 0) is 13.1 Å². The molecule has 0 aliphatic carbocycles. The lowest BCUT2D eigenvalue weighted by Gasteiger charge is -2.03. The fraction of sp³-hybridized carbons (Fsp3) is 0.615. The van der Waals surface area contributed by atoms with Crippen molar-refractivity contribution >= 4 is 0 Å². The van der Waals surface area contributed by atoms with Crippen molar-refractivity contribution in [3.63, 3.8) is 0 Å². The summed E-state index contributed by atoms with van der Waals surface area (Å²) in [4.78, 5) is 0. The van der Waals surface area contributed by atoms with E-state index >= 15 is 0 Å². The normalized spacial score (nSPS) is 10.3. The molecule has 0 N–H and O–H groups in total. The van der Waals surface area contributed by atoms with Crippen molar-refractivity contribution in [1.29, 1.82) is 0 Å². The molecule has 0 spiro atoms. The van der Waals surface area contributed by atoms with Crippen LogP contribution >= 0.6 is 0 Å². The van der Waals surface area contributed by atoms with Gasteiger partial charge in [0.2, 0.25) is 0 Å². The molecule has 2 rings (SSSR count). The second kappa shape index (κ2) is 19.0. The van der Waals surface area contributed by atoms with E-state index < -0.39 is 0 Å². The van der Waals surface area contributed by atoms with Gasteiger partial charge in [-0.1, -0.05) is 71.1 Å². The Balaban J connectivity index is 0.00000420. The molecule has 0 bridgehead atoms. The highest BCUT2D eigenvalue weighted by Gasteiger charge is 2.05. The van der Waals surface area contributed by atoms with E-state index in [4.69, 9.17) is 0 Å². The van der Waals surface area contributed by atoms with E-state index in [1.165, 1.54) is 88.2 Å². The number of nitrogens with zero attached hydrogens (tertiary/aromatic N) is 2. The smallest absolute Gasteiger partial charge is 0.169 e. The number of rotatable bonds is 15. The van der Waals surface area contributed by atoms with Crippen LogP contribution in [0.3, 0.4) is 0 Å². The molecule has 0 saturated carbocycles. The second-order valence-electron chi connectivity index (χ2n) is 8.13. The lowest BCUT2D eigenvalue weighted by Crippen LogP contribution is -3.00. The fourth-order valence-corrected chi connectivity index (χ4v) is 3.79. The van der Waals surface area contributed by atoms with Crippen molar-refractivity contribution in [2.75, 3.05) is 0 Å². The molecule has 0 saturated heterocycles. The van der Waals surface area contributed by atoms with Crippen LogP contribution in [0, 0.1) is 0 Å². The molecule has 170 valence electrons. The van der Waals surface area contributed by atoms with Crippen LogP contribution in [-0.4, -0.2) is 0 Å². The minimum absolute atomic E-state index is 0. The van der Waals surface area contributed by atoms with Crippen molar-refractivity contribution in [2.45, 2.75) is 104 Å². The number of unbranched alkanes of at least 4 members (excludes halogenated alkanes) is 11. The van der Waals surface area contributed by atoms with Gasteiger partial charge < -0.3 is 34.0 Å². The standard InChI is InChI=1S/C26H42N2.2BrH/c1-3-5-6-7-8-9-10-11-12-13-14-15-20-28-23-18-26(19-24-28)25-16-21-27(4-2)22-17-25;;/h16-19,21-24H,3-15,20H2,1-2H3;2*1H/q+2;;/p-2. The Morgan fingerprint density at radius 1 is 0.500 bits per heavy atom. The molecule has 2 aromatic rings. The van der Waals surface area contributed by atoms with Gasteiger partial charge in [-0.2, -0.15) is 0 Å². The van der Waals surface area contributed by atoms with E-state index in [-0.39, 0.29) is 34.0 Å². The molecule has 0 unspecified atom stereocenters. The number of pyridine rings is 2. The van der Waals surface area contributed by atoms with Crippen molar-refractivity contribution in [2.24, 2.45) is 0 Å². The van der Waals surface area contributed by atoms with Gasteiger partial charge in [0.25, 0.3) is 0 Å². The van der Waals surface area contributed by atoms with Gasteiger partial charge >= 0.3 is 0 Å². The third-order valence-corrected chi connectivity index (χ3v) is 5.75. The predicted octanol–water partition coefficient (Wildman–Crippen LogP) is 0.658. The summed E-state index contributed by atoms with van der Waals surface area (Å²) in [6.45, 7) is 6.62. The van der Waals surface area contributed by atoms with Crippen molar-refractivity contribution in [3.8, 4) is 11.1 Å². The first-order valence-electron chi connectivity index (χ1n) is 11.8. The van der Waals surface area contributed by atoms with Crippen molar-refractivity contribution in [3.05, 3.63) is 49.1 Å². The van der Waals surface area contributed by atoms with E-state index in [1.54, 1.807) is 0 Å². The van der Waals surface area contributed by atoms with E-state index in [9.17, 15) is 0 Å². The summed E-state index contributed by atoms with van der Waals surface area (Å²) in [6, 6.07) is 8.89. The maximum atomic E-state index is 2.33. The lowest BCUT2D eigenvalue weighted by molar-refractivity contribution is -0.697. The molecule has 0 atom stereocenters. The van der Waals surface area contributed by atoms with Gasteiger partial charge in [0.05, 0.1) is 0 Å². The molecule has 0 amide bonds.